The van der Waals surface area contributed by atoms with E-state index >= 15 is 0 Å². The van der Waals surface area contributed by atoms with Crippen molar-refractivity contribution < 1.29 is 0 Å². The SMILES string of the molecule is CC1(C)[C@H]2CC[C@]1(C)[C@@H]([Se][Se][C@H]1C[C@@H]3CC[C@@]1(C)C3(C)C)C2. The first-order valence-electron chi connectivity index (χ1n) is 9.45. The van der Waals surface area contributed by atoms with Gasteiger partial charge in [0, 0.05) is 0 Å². The van der Waals surface area contributed by atoms with Crippen molar-refractivity contribution in [1.29, 1.82) is 0 Å². The third kappa shape index (κ3) is 1.82. The van der Waals surface area contributed by atoms with E-state index in [-0.39, 0.29) is 0 Å². The molecule has 4 aliphatic carbocycles. The Labute approximate surface area is 149 Å². The van der Waals surface area contributed by atoms with Gasteiger partial charge in [0.15, 0.2) is 0 Å². The van der Waals surface area contributed by atoms with Crippen molar-refractivity contribution in [3.05, 3.63) is 0 Å². The maximum atomic E-state index is 2.66. The summed E-state index contributed by atoms with van der Waals surface area (Å²) in [6.07, 6.45) is 9.29. The van der Waals surface area contributed by atoms with Gasteiger partial charge in [0.05, 0.1) is 0 Å². The van der Waals surface area contributed by atoms with E-state index in [0.29, 0.717) is 21.7 Å². The van der Waals surface area contributed by atoms with Gasteiger partial charge in [-0.3, -0.25) is 0 Å². The van der Waals surface area contributed by atoms with E-state index in [2.05, 4.69) is 41.5 Å². The zero-order valence-electron chi connectivity index (χ0n) is 15.4. The van der Waals surface area contributed by atoms with Gasteiger partial charge in [-0.25, -0.2) is 0 Å². The van der Waals surface area contributed by atoms with Gasteiger partial charge in [-0.05, 0) is 0 Å². The molecule has 0 amide bonds. The van der Waals surface area contributed by atoms with Gasteiger partial charge in [0.25, 0.3) is 0 Å². The molecule has 0 aromatic heterocycles. The summed E-state index contributed by atoms with van der Waals surface area (Å²) in [6.45, 7) is 15.7. The Morgan fingerprint density at radius 1 is 0.636 bits per heavy atom. The molecule has 0 saturated heterocycles. The van der Waals surface area contributed by atoms with Crippen LogP contribution in [0.15, 0.2) is 0 Å². The second-order valence-electron chi connectivity index (χ2n) is 10.4. The van der Waals surface area contributed by atoms with Gasteiger partial charge >= 0.3 is 149 Å². The van der Waals surface area contributed by atoms with Gasteiger partial charge in [-0.1, -0.05) is 0 Å². The van der Waals surface area contributed by atoms with Gasteiger partial charge < -0.3 is 0 Å². The minimum atomic E-state index is 0.632. The van der Waals surface area contributed by atoms with Gasteiger partial charge in [-0.2, -0.15) is 0 Å². The predicted molar refractivity (Wildman–Crippen MR) is 97.5 cm³/mol. The van der Waals surface area contributed by atoms with Crippen molar-refractivity contribution in [1.82, 2.24) is 0 Å². The van der Waals surface area contributed by atoms with Gasteiger partial charge in [0.1, 0.15) is 0 Å². The van der Waals surface area contributed by atoms with Crippen LogP contribution in [0.1, 0.15) is 80.1 Å². The molecule has 4 rings (SSSR count). The van der Waals surface area contributed by atoms with E-state index < -0.39 is 0 Å². The van der Waals surface area contributed by atoms with Crippen LogP contribution >= 0.6 is 0 Å². The summed E-state index contributed by atoms with van der Waals surface area (Å²) >= 11 is 1.89. The molecule has 6 atom stereocenters. The summed E-state index contributed by atoms with van der Waals surface area (Å²) in [7, 11) is 0. The van der Waals surface area contributed by atoms with Crippen molar-refractivity contribution >= 4 is 26.3 Å². The minimum absolute atomic E-state index is 0.632. The van der Waals surface area contributed by atoms with E-state index in [9.17, 15) is 0 Å². The standard InChI is InChI=1S/C20H34Se2/c1-17(2)13-7-9-19(17,5)15(11-13)21-22-16-12-14-8-10-20(16,6)18(14,3)4/h13-16H,7-12H2,1-6H3/t13-,14-,15-,16-,19+,20+/m0/s1. The van der Waals surface area contributed by atoms with Gasteiger partial charge in [0.2, 0.25) is 0 Å². The molecule has 22 heavy (non-hydrogen) atoms. The second-order valence-corrected chi connectivity index (χ2v) is 17.8. The van der Waals surface area contributed by atoms with Crippen LogP contribution in [0.3, 0.4) is 0 Å². The van der Waals surface area contributed by atoms with Crippen LogP contribution in [0.2, 0.25) is 9.63 Å². The first kappa shape index (κ1) is 16.5. The molecule has 0 radical (unpaired) electrons. The zero-order valence-corrected chi connectivity index (χ0v) is 18.8. The molecular formula is C20H34Se2. The van der Waals surface area contributed by atoms with Crippen LogP contribution in [-0.2, 0) is 0 Å². The first-order valence-corrected chi connectivity index (χ1v) is 15.8. The first-order chi connectivity index (χ1) is 10.1. The maximum absolute atomic E-state index is 2.66. The number of fused-ring (bicyclic) bond motifs is 4. The molecule has 0 aliphatic heterocycles. The number of hydrogen-bond acceptors (Lipinski definition) is 0. The molecule has 4 aliphatic rings. The van der Waals surface area contributed by atoms with E-state index in [4.69, 9.17) is 0 Å². The van der Waals surface area contributed by atoms with Gasteiger partial charge in [-0.15, -0.1) is 0 Å². The van der Waals surface area contributed by atoms with Crippen molar-refractivity contribution in [2.45, 2.75) is 89.7 Å². The average Bonchev–Trinajstić information content (AvgIpc) is 2.95. The van der Waals surface area contributed by atoms with Crippen molar-refractivity contribution in [2.24, 2.45) is 33.5 Å². The number of hydrogen-bond donors (Lipinski definition) is 0. The average molecular weight is 432 g/mol. The summed E-state index contributed by atoms with van der Waals surface area (Å²) < 4.78 is 0. The Hall–Kier alpha value is 1.04. The molecular weight excluding hydrogens is 398 g/mol. The summed E-state index contributed by atoms with van der Waals surface area (Å²) in [4.78, 5) is 2.22. The molecule has 0 unspecified atom stereocenters. The second kappa shape index (κ2) is 4.81. The quantitative estimate of drug-likeness (QED) is 0.511. The summed E-state index contributed by atoms with van der Waals surface area (Å²) in [5.41, 5.74) is 2.64. The Balaban J connectivity index is 1.45. The fourth-order valence-corrected chi connectivity index (χ4v) is 20.5. The molecule has 0 aromatic carbocycles. The third-order valence-corrected chi connectivity index (χ3v) is 20.2. The zero-order chi connectivity index (χ0) is 16.0. The van der Waals surface area contributed by atoms with E-state index in [1.165, 1.54) is 25.7 Å². The molecule has 0 spiro atoms. The van der Waals surface area contributed by atoms with Crippen LogP contribution in [0, 0.1) is 33.5 Å². The fraction of sp³-hybridized carbons (Fsp3) is 1.00. The molecule has 0 N–H and O–H groups in total. The fourth-order valence-electron chi connectivity index (χ4n) is 6.69. The normalized spacial score (nSPS) is 54.3. The van der Waals surface area contributed by atoms with Crippen LogP contribution < -0.4 is 0 Å². The molecule has 0 heterocycles. The topological polar surface area (TPSA) is 0 Å². The third-order valence-electron chi connectivity index (χ3n) is 9.72. The van der Waals surface area contributed by atoms with Crippen LogP contribution in [-0.4, -0.2) is 26.3 Å². The van der Waals surface area contributed by atoms with Crippen molar-refractivity contribution in [3.8, 4) is 0 Å². The monoisotopic (exact) mass is 434 g/mol. The molecule has 2 heteroatoms. The molecule has 4 saturated carbocycles. The van der Waals surface area contributed by atoms with E-state index in [1.807, 2.05) is 0 Å². The van der Waals surface area contributed by atoms with Crippen LogP contribution in [0.5, 0.6) is 0 Å². The van der Waals surface area contributed by atoms with Crippen LogP contribution in [0.25, 0.3) is 0 Å². The summed E-state index contributed by atoms with van der Waals surface area (Å²) in [6, 6.07) is 0. The summed E-state index contributed by atoms with van der Waals surface area (Å²) in [5.74, 6) is 2.10. The van der Waals surface area contributed by atoms with E-state index in [0.717, 1.165) is 47.7 Å². The van der Waals surface area contributed by atoms with Crippen LogP contribution in [0.4, 0.5) is 0 Å². The summed E-state index contributed by atoms with van der Waals surface area (Å²) in [5, 5.41) is 0. The number of rotatable bonds is 3. The molecule has 4 fully saturated rings. The predicted octanol–water partition coefficient (Wildman–Crippen LogP) is 5.58. The molecule has 0 nitrogen and oxygen atoms in total. The Morgan fingerprint density at radius 3 is 1.23 bits per heavy atom. The van der Waals surface area contributed by atoms with Crippen molar-refractivity contribution in [3.63, 3.8) is 0 Å². The Morgan fingerprint density at radius 2 is 1.00 bits per heavy atom. The van der Waals surface area contributed by atoms with E-state index in [1.54, 1.807) is 12.8 Å². The molecule has 4 bridgehead atoms. The molecule has 126 valence electrons. The Kier molecular flexibility index (Phi) is 3.61. The molecule has 0 aromatic rings. The Bertz CT molecular complexity index is 438. The van der Waals surface area contributed by atoms with Crippen molar-refractivity contribution in [2.75, 3.05) is 0 Å².